The highest BCUT2D eigenvalue weighted by Crippen LogP contribution is 2.39. The molecule has 0 amide bonds. The summed E-state index contributed by atoms with van der Waals surface area (Å²) in [7, 11) is 4.86. The lowest BCUT2D eigenvalue weighted by molar-refractivity contribution is 0.323. The second-order valence-electron chi connectivity index (χ2n) is 5.19. The number of nitrogens with one attached hydrogen (secondary N) is 1. The van der Waals surface area contributed by atoms with Crippen molar-refractivity contribution < 1.29 is 14.2 Å². The van der Waals surface area contributed by atoms with Crippen LogP contribution in [0.15, 0.2) is 40.9 Å². The fourth-order valence-corrected chi connectivity index (χ4v) is 2.61. The average molecular weight is 380 g/mol. The number of halogens is 1. The predicted molar refractivity (Wildman–Crippen MR) is 95.5 cm³/mol. The topological polar surface area (TPSA) is 39.7 Å². The van der Waals surface area contributed by atoms with Crippen molar-refractivity contribution in [2.75, 3.05) is 21.3 Å². The summed E-state index contributed by atoms with van der Waals surface area (Å²) in [4.78, 5) is 0. The molecule has 0 spiro atoms. The first-order valence-corrected chi connectivity index (χ1v) is 8.16. The number of methoxy groups -OCH3 is 3. The molecule has 1 atom stereocenters. The predicted octanol–water partition coefficient (Wildman–Crippen LogP) is 4.33. The molecule has 1 unspecified atom stereocenters. The van der Waals surface area contributed by atoms with Crippen LogP contribution in [0, 0.1) is 0 Å². The third-order valence-electron chi connectivity index (χ3n) is 3.71. The van der Waals surface area contributed by atoms with Crippen LogP contribution in [0.5, 0.6) is 17.2 Å². The van der Waals surface area contributed by atoms with Gasteiger partial charge in [-0.1, -0.05) is 28.1 Å². The van der Waals surface area contributed by atoms with Gasteiger partial charge in [0.1, 0.15) is 0 Å². The fourth-order valence-electron chi connectivity index (χ4n) is 2.34. The Morgan fingerprint density at radius 3 is 2.00 bits per heavy atom. The second-order valence-corrected chi connectivity index (χ2v) is 6.10. The third-order valence-corrected chi connectivity index (χ3v) is 4.24. The minimum atomic E-state index is 0.146. The summed E-state index contributed by atoms with van der Waals surface area (Å²) in [6.07, 6.45) is 0. The van der Waals surface area contributed by atoms with Crippen LogP contribution in [0.25, 0.3) is 0 Å². The minimum absolute atomic E-state index is 0.146. The average Bonchev–Trinajstić information content (AvgIpc) is 2.59. The Kier molecular flexibility index (Phi) is 6.30. The van der Waals surface area contributed by atoms with Gasteiger partial charge in [0.2, 0.25) is 5.75 Å². The lowest BCUT2D eigenvalue weighted by Gasteiger charge is -2.19. The van der Waals surface area contributed by atoms with Crippen LogP contribution < -0.4 is 19.5 Å². The van der Waals surface area contributed by atoms with Gasteiger partial charge in [-0.3, -0.25) is 0 Å². The number of rotatable bonds is 7. The molecule has 4 nitrogen and oxygen atoms in total. The quantitative estimate of drug-likeness (QED) is 0.777. The summed E-state index contributed by atoms with van der Waals surface area (Å²) in [6, 6.07) is 12.4. The van der Waals surface area contributed by atoms with E-state index in [1.807, 2.05) is 24.3 Å². The monoisotopic (exact) mass is 379 g/mol. The van der Waals surface area contributed by atoms with E-state index in [9.17, 15) is 0 Å². The van der Waals surface area contributed by atoms with E-state index < -0.39 is 0 Å². The van der Waals surface area contributed by atoms with Gasteiger partial charge in [-0.05, 0) is 42.3 Å². The first-order chi connectivity index (χ1) is 11.1. The second kappa shape index (κ2) is 8.22. The molecule has 5 heteroatoms. The number of ether oxygens (including phenoxy) is 3. The summed E-state index contributed by atoms with van der Waals surface area (Å²) in [5, 5.41) is 3.51. The van der Waals surface area contributed by atoms with E-state index in [-0.39, 0.29) is 6.04 Å². The molecule has 2 aromatic carbocycles. The maximum absolute atomic E-state index is 5.41. The van der Waals surface area contributed by atoms with E-state index in [4.69, 9.17) is 14.2 Å². The molecule has 2 aromatic rings. The van der Waals surface area contributed by atoms with E-state index >= 15 is 0 Å². The standard InChI is InChI=1S/C18H22BrNO3/c1-12(20-11-13-5-7-15(19)8-6-13)14-9-16(21-2)18(23-4)17(10-14)22-3/h5-10,12,20H,11H2,1-4H3. The normalized spacial score (nSPS) is 11.9. The molecule has 0 radical (unpaired) electrons. The highest BCUT2D eigenvalue weighted by Gasteiger charge is 2.16. The third kappa shape index (κ3) is 4.39. The molecule has 0 heterocycles. The Labute approximate surface area is 145 Å². The Morgan fingerprint density at radius 2 is 1.52 bits per heavy atom. The van der Waals surface area contributed by atoms with Crippen molar-refractivity contribution in [3.05, 3.63) is 52.0 Å². The number of hydrogen-bond donors (Lipinski definition) is 1. The SMILES string of the molecule is COc1cc(C(C)NCc2ccc(Br)cc2)cc(OC)c1OC. The molecule has 0 aliphatic heterocycles. The van der Waals surface area contributed by atoms with Crippen molar-refractivity contribution in [1.82, 2.24) is 5.32 Å². The van der Waals surface area contributed by atoms with Gasteiger partial charge in [-0.15, -0.1) is 0 Å². The molecule has 0 fully saturated rings. The van der Waals surface area contributed by atoms with Crippen LogP contribution in [0.1, 0.15) is 24.1 Å². The number of benzene rings is 2. The highest BCUT2D eigenvalue weighted by molar-refractivity contribution is 9.10. The van der Waals surface area contributed by atoms with Gasteiger partial charge in [0, 0.05) is 17.1 Å². The Bertz CT molecular complexity index is 618. The van der Waals surface area contributed by atoms with Crippen LogP contribution in [-0.2, 0) is 6.54 Å². The Morgan fingerprint density at radius 1 is 0.957 bits per heavy atom. The van der Waals surface area contributed by atoms with E-state index in [1.165, 1.54) is 5.56 Å². The molecule has 0 saturated carbocycles. The maximum Gasteiger partial charge on any atom is 0.203 e. The van der Waals surface area contributed by atoms with Gasteiger partial charge < -0.3 is 19.5 Å². The molecule has 0 aliphatic rings. The fraction of sp³-hybridized carbons (Fsp3) is 0.333. The summed E-state index contributed by atoms with van der Waals surface area (Å²) in [5.41, 5.74) is 2.31. The van der Waals surface area contributed by atoms with Gasteiger partial charge in [0.05, 0.1) is 21.3 Å². The van der Waals surface area contributed by atoms with E-state index in [2.05, 4.69) is 40.3 Å². The zero-order chi connectivity index (χ0) is 16.8. The van der Waals surface area contributed by atoms with Crippen molar-refractivity contribution >= 4 is 15.9 Å². The summed E-state index contributed by atoms with van der Waals surface area (Å²) in [5.74, 6) is 1.94. The molecular formula is C18H22BrNO3. The lowest BCUT2D eigenvalue weighted by atomic mass is 10.1. The molecular weight excluding hydrogens is 358 g/mol. The van der Waals surface area contributed by atoms with E-state index in [0.717, 1.165) is 16.6 Å². The van der Waals surface area contributed by atoms with Crippen molar-refractivity contribution in [3.63, 3.8) is 0 Å². The smallest absolute Gasteiger partial charge is 0.203 e. The highest BCUT2D eigenvalue weighted by atomic mass is 79.9. The Hall–Kier alpha value is -1.72. The maximum atomic E-state index is 5.41. The zero-order valence-electron chi connectivity index (χ0n) is 13.9. The van der Waals surface area contributed by atoms with Crippen molar-refractivity contribution in [3.8, 4) is 17.2 Å². The molecule has 0 saturated heterocycles. The van der Waals surface area contributed by atoms with Crippen LogP contribution in [0.3, 0.4) is 0 Å². The first kappa shape index (κ1) is 17.6. The van der Waals surface area contributed by atoms with Crippen LogP contribution in [-0.4, -0.2) is 21.3 Å². The van der Waals surface area contributed by atoms with Crippen LogP contribution >= 0.6 is 15.9 Å². The number of hydrogen-bond acceptors (Lipinski definition) is 4. The molecule has 0 bridgehead atoms. The van der Waals surface area contributed by atoms with Crippen LogP contribution in [0.2, 0.25) is 0 Å². The van der Waals surface area contributed by atoms with E-state index in [0.29, 0.717) is 17.2 Å². The van der Waals surface area contributed by atoms with Gasteiger partial charge in [-0.25, -0.2) is 0 Å². The molecule has 2 rings (SSSR count). The largest absolute Gasteiger partial charge is 0.493 e. The molecule has 0 aromatic heterocycles. The molecule has 124 valence electrons. The van der Waals surface area contributed by atoms with Gasteiger partial charge in [0.25, 0.3) is 0 Å². The Balaban J connectivity index is 2.15. The van der Waals surface area contributed by atoms with Gasteiger partial charge in [-0.2, -0.15) is 0 Å². The summed E-state index contributed by atoms with van der Waals surface area (Å²) >= 11 is 3.45. The van der Waals surface area contributed by atoms with Crippen molar-refractivity contribution in [2.24, 2.45) is 0 Å². The van der Waals surface area contributed by atoms with Crippen molar-refractivity contribution in [2.45, 2.75) is 19.5 Å². The molecule has 0 aliphatic carbocycles. The molecule has 1 N–H and O–H groups in total. The van der Waals surface area contributed by atoms with Gasteiger partial charge in [0.15, 0.2) is 11.5 Å². The van der Waals surface area contributed by atoms with E-state index in [1.54, 1.807) is 21.3 Å². The first-order valence-electron chi connectivity index (χ1n) is 7.36. The minimum Gasteiger partial charge on any atom is -0.493 e. The zero-order valence-corrected chi connectivity index (χ0v) is 15.4. The van der Waals surface area contributed by atoms with Crippen LogP contribution in [0.4, 0.5) is 0 Å². The lowest BCUT2D eigenvalue weighted by Crippen LogP contribution is -2.18. The van der Waals surface area contributed by atoms with Crippen molar-refractivity contribution in [1.29, 1.82) is 0 Å². The van der Waals surface area contributed by atoms with Gasteiger partial charge >= 0.3 is 0 Å². The summed E-state index contributed by atoms with van der Waals surface area (Å²) < 4.78 is 17.3. The summed E-state index contributed by atoms with van der Waals surface area (Å²) in [6.45, 7) is 2.89. The molecule has 23 heavy (non-hydrogen) atoms.